The Bertz CT molecular complexity index is 520. The van der Waals surface area contributed by atoms with Gasteiger partial charge in [-0.05, 0) is 18.9 Å². The third kappa shape index (κ3) is 2.96. The van der Waals surface area contributed by atoms with Crippen molar-refractivity contribution < 1.29 is 14.8 Å². The molecule has 0 radical (unpaired) electrons. The van der Waals surface area contributed by atoms with E-state index in [1.54, 1.807) is 0 Å². The number of hydrogen-bond acceptors (Lipinski definition) is 4. The van der Waals surface area contributed by atoms with Crippen LogP contribution < -0.4 is 5.32 Å². The molecule has 1 aliphatic carbocycles. The normalized spacial score (nSPS) is 22.2. The van der Waals surface area contributed by atoms with Crippen LogP contribution in [-0.2, 0) is 4.79 Å². The summed E-state index contributed by atoms with van der Waals surface area (Å²) < 4.78 is 0. The van der Waals surface area contributed by atoms with Crippen molar-refractivity contribution in [3.05, 3.63) is 33.3 Å². The van der Waals surface area contributed by atoms with Crippen molar-refractivity contribution in [2.75, 3.05) is 5.32 Å². The molecule has 1 aromatic rings. The highest BCUT2D eigenvalue weighted by Gasteiger charge is 2.33. The Balaban J connectivity index is 2.15. The van der Waals surface area contributed by atoms with Gasteiger partial charge < -0.3 is 10.4 Å². The SMILES string of the molecule is O=C(O)C1CCCC1Nc1ccc([N+](=O)[O-])cc1Cl. The minimum Gasteiger partial charge on any atom is -0.481 e. The van der Waals surface area contributed by atoms with Crippen LogP contribution in [0.25, 0.3) is 0 Å². The molecule has 2 unspecified atom stereocenters. The smallest absolute Gasteiger partial charge is 0.308 e. The summed E-state index contributed by atoms with van der Waals surface area (Å²) in [5, 5.41) is 23.0. The lowest BCUT2D eigenvalue weighted by Crippen LogP contribution is -2.29. The van der Waals surface area contributed by atoms with Gasteiger partial charge in [0.25, 0.3) is 5.69 Å². The van der Waals surface area contributed by atoms with Crippen molar-refractivity contribution in [3.63, 3.8) is 0 Å². The molecule has 19 heavy (non-hydrogen) atoms. The molecule has 102 valence electrons. The molecule has 7 heteroatoms. The first-order valence-electron chi connectivity index (χ1n) is 5.92. The van der Waals surface area contributed by atoms with Gasteiger partial charge in [0.2, 0.25) is 0 Å². The first-order valence-corrected chi connectivity index (χ1v) is 6.30. The van der Waals surface area contributed by atoms with Crippen LogP contribution in [-0.4, -0.2) is 22.0 Å². The number of nitro groups is 1. The van der Waals surface area contributed by atoms with E-state index in [1.165, 1.54) is 18.2 Å². The van der Waals surface area contributed by atoms with Gasteiger partial charge in [-0.2, -0.15) is 0 Å². The Morgan fingerprint density at radius 1 is 1.47 bits per heavy atom. The fourth-order valence-corrected chi connectivity index (χ4v) is 2.59. The third-order valence-electron chi connectivity index (χ3n) is 3.34. The van der Waals surface area contributed by atoms with Crippen molar-refractivity contribution in [1.82, 2.24) is 0 Å². The molecule has 0 heterocycles. The third-order valence-corrected chi connectivity index (χ3v) is 3.65. The van der Waals surface area contributed by atoms with Gasteiger partial charge in [-0.1, -0.05) is 18.0 Å². The molecule has 0 aromatic heterocycles. The van der Waals surface area contributed by atoms with Crippen LogP contribution in [0, 0.1) is 16.0 Å². The Labute approximate surface area is 114 Å². The number of rotatable bonds is 4. The summed E-state index contributed by atoms with van der Waals surface area (Å²) in [5.41, 5.74) is 0.446. The molecule has 2 N–H and O–H groups in total. The van der Waals surface area contributed by atoms with Crippen LogP contribution in [0.1, 0.15) is 19.3 Å². The molecular weight excluding hydrogens is 272 g/mol. The second-order valence-electron chi connectivity index (χ2n) is 4.55. The highest BCUT2D eigenvalue weighted by Crippen LogP contribution is 2.32. The zero-order valence-electron chi connectivity index (χ0n) is 10.0. The lowest BCUT2D eigenvalue weighted by atomic mass is 10.0. The van der Waals surface area contributed by atoms with Crippen molar-refractivity contribution in [1.29, 1.82) is 0 Å². The number of halogens is 1. The van der Waals surface area contributed by atoms with E-state index in [0.717, 1.165) is 12.8 Å². The topological polar surface area (TPSA) is 92.5 Å². The first-order chi connectivity index (χ1) is 8.99. The van der Waals surface area contributed by atoms with E-state index in [9.17, 15) is 14.9 Å². The maximum Gasteiger partial charge on any atom is 0.308 e. The van der Waals surface area contributed by atoms with E-state index >= 15 is 0 Å². The van der Waals surface area contributed by atoms with Crippen molar-refractivity contribution in [3.8, 4) is 0 Å². The number of carbonyl (C=O) groups is 1. The van der Waals surface area contributed by atoms with Crippen LogP contribution in [0.3, 0.4) is 0 Å². The molecule has 2 rings (SSSR count). The summed E-state index contributed by atoms with van der Waals surface area (Å²) in [4.78, 5) is 21.1. The predicted octanol–water partition coefficient (Wildman–Crippen LogP) is 2.91. The van der Waals surface area contributed by atoms with Crippen LogP contribution in [0.5, 0.6) is 0 Å². The molecule has 0 aliphatic heterocycles. The summed E-state index contributed by atoms with van der Waals surface area (Å²) in [5.74, 6) is -1.26. The molecule has 6 nitrogen and oxygen atoms in total. The van der Waals surface area contributed by atoms with E-state index in [4.69, 9.17) is 16.7 Å². The van der Waals surface area contributed by atoms with Crippen molar-refractivity contribution in [2.45, 2.75) is 25.3 Å². The van der Waals surface area contributed by atoms with Crippen LogP contribution >= 0.6 is 11.6 Å². The average molecular weight is 285 g/mol. The van der Waals surface area contributed by atoms with Crippen molar-refractivity contribution >= 4 is 28.9 Å². The fourth-order valence-electron chi connectivity index (χ4n) is 2.36. The lowest BCUT2D eigenvalue weighted by molar-refractivity contribution is -0.384. The van der Waals surface area contributed by atoms with E-state index in [0.29, 0.717) is 12.1 Å². The predicted molar refractivity (Wildman–Crippen MR) is 70.5 cm³/mol. The summed E-state index contributed by atoms with van der Waals surface area (Å²) in [6.07, 6.45) is 2.24. The maximum atomic E-state index is 11.1. The summed E-state index contributed by atoms with van der Waals surface area (Å²) >= 11 is 5.96. The standard InChI is InChI=1S/C12H13ClN2O4/c13-9-6-7(15(18)19)4-5-11(9)14-10-3-1-2-8(10)12(16)17/h4-6,8,10,14H,1-3H2,(H,16,17). The molecule has 1 saturated carbocycles. The van der Waals surface area contributed by atoms with E-state index < -0.39 is 16.8 Å². The minimum absolute atomic E-state index is 0.0863. The molecule has 0 amide bonds. The van der Waals surface area contributed by atoms with E-state index in [-0.39, 0.29) is 16.8 Å². The van der Waals surface area contributed by atoms with Gasteiger partial charge in [-0.25, -0.2) is 0 Å². The molecule has 1 aliphatic rings. The highest BCUT2D eigenvalue weighted by molar-refractivity contribution is 6.33. The number of benzene rings is 1. The number of nitrogens with zero attached hydrogens (tertiary/aromatic N) is 1. The maximum absolute atomic E-state index is 11.1. The Morgan fingerprint density at radius 3 is 2.79 bits per heavy atom. The van der Waals surface area contributed by atoms with Crippen molar-refractivity contribution in [2.24, 2.45) is 5.92 Å². The van der Waals surface area contributed by atoms with Gasteiger partial charge in [-0.15, -0.1) is 0 Å². The zero-order valence-corrected chi connectivity index (χ0v) is 10.8. The largest absolute Gasteiger partial charge is 0.481 e. The number of carboxylic acid groups (broad SMARTS) is 1. The number of hydrogen-bond donors (Lipinski definition) is 2. The second-order valence-corrected chi connectivity index (χ2v) is 4.95. The van der Waals surface area contributed by atoms with Gasteiger partial charge in [0.1, 0.15) is 0 Å². The first kappa shape index (κ1) is 13.6. The number of carboxylic acids is 1. The lowest BCUT2D eigenvalue weighted by Gasteiger charge is -2.19. The molecule has 0 spiro atoms. The number of aliphatic carboxylic acids is 1. The van der Waals surface area contributed by atoms with Gasteiger partial charge in [-0.3, -0.25) is 14.9 Å². The van der Waals surface area contributed by atoms with Crippen LogP contribution in [0.15, 0.2) is 18.2 Å². The summed E-state index contributed by atoms with van der Waals surface area (Å²) in [7, 11) is 0. The van der Waals surface area contributed by atoms with Crippen LogP contribution in [0.2, 0.25) is 5.02 Å². The average Bonchev–Trinajstić information content (AvgIpc) is 2.79. The summed E-state index contributed by atoms with van der Waals surface area (Å²) in [6, 6.07) is 3.93. The number of non-ortho nitro benzene ring substituents is 1. The Hall–Kier alpha value is -1.82. The fraction of sp³-hybridized carbons (Fsp3) is 0.417. The molecule has 0 saturated heterocycles. The van der Waals surface area contributed by atoms with Gasteiger partial charge in [0, 0.05) is 18.2 Å². The highest BCUT2D eigenvalue weighted by atomic mass is 35.5. The Kier molecular flexibility index (Phi) is 3.90. The quantitative estimate of drug-likeness (QED) is 0.655. The Morgan fingerprint density at radius 2 is 2.21 bits per heavy atom. The number of nitro benzene ring substituents is 1. The van der Waals surface area contributed by atoms with Crippen LogP contribution in [0.4, 0.5) is 11.4 Å². The zero-order chi connectivity index (χ0) is 14.0. The van der Waals surface area contributed by atoms with Gasteiger partial charge in [0.05, 0.1) is 21.6 Å². The minimum atomic E-state index is -0.826. The van der Waals surface area contributed by atoms with Gasteiger partial charge >= 0.3 is 5.97 Å². The summed E-state index contributed by atoms with van der Waals surface area (Å²) in [6.45, 7) is 0. The molecule has 1 fully saturated rings. The van der Waals surface area contributed by atoms with Gasteiger partial charge in [0.15, 0.2) is 0 Å². The number of anilines is 1. The second kappa shape index (κ2) is 5.44. The molecular formula is C12H13ClN2O4. The number of nitrogens with one attached hydrogen (secondary N) is 1. The van der Waals surface area contributed by atoms with E-state index in [2.05, 4.69) is 5.32 Å². The molecule has 0 bridgehead atoms. The molecule has 2 atom stereocenters. The molecule has 1 aromatic carbocycles. The monoisotopic (exact) mass is 284 g/mol. The van der Waals surface area contributed by atoms with E-state index in [1.807, 2.05) is 0 Å².